The van der Waals surface area contributed by atoms with E-state index in [-0.39, 0.29) is 23.2 Å². The molecule has 28 heavy (non-hydrogen) atoms. The van der Waals surface area contributed by atoms with Crippen LogP contribution in [-0.2, 0) is 9.53 Å². The van der Waals surface area contributed by atoms with Crippen molar-refractivity contribution in [3.8, 4) is 5.75 Å². The second-order valence-corrected chi connectivity index (χ2v) is 6.51. The van der Waals surface area contributed by atoms with Gasteiger partial charge in [-0.05, 0) is 45.9 Å². The first kappa shape index (κ1) is 20.9. The molecule has 1 aromatic heterocycles. The third-order valence-electron chi connectivity index (χ3n) is 4.23. The van der Waals surface area contributed by atoms with Crippen LogP contribution in [0.2, 0.25) is 0 Å². The molecule has 0 aliphatic rings. The Morgan fingerprint density at radius 3 is 2.46 bits per heavy atom. The van der Waals surface area contributed by atoms with Gasteiger partial charge in [0.05, 0.1) is 23.7 Å². The number of anilines is 1. The van der Waals surface area contributed by atoms with E-state index in [1.807, 2.05) is 32.3 Å². The van der Waals surface area contributed by atoms with E-state index >= 15 is 0 Å². The first-order valence-electron chi connectivity index (χ1n) is 8.63. The number of benzene rings is 1. The Labute approximate surface area is 162 Å². The number of esters is 1. The molecule has 0 bridgehead atoms. The normalized spacial score (nSPS) is 10.6. The molecule has 2 rings (SSSR count). The summed E-state index contributed by atoms with van der Waals surface area (Å²) in [6.45, 7) is 7.14. The molecular weight excluding hydrogens is 366 g/mol. The smallest absolute Gasteiger partial charge is 0.340 e. The minimum Gasteiger partial charge on any atom is -0.496 e. The number of hydrogen-bond acceptors (Lipinski definition) is 6. The summed E-state index contributed by atoms with van der Waals surface area (Å²) in [7, 11) is 1.38. The number of carbonyl (C=O) groups is 2. The Morgan fingerprint density at radius 1 is 1.25 bits per heavy atom. The average molecular weight is 389 g/mol. The van der Waals surface area contributed by atoms with Crippen LogP contribution in [0.15, 0.2) is 24.3 Å². The summed E-state index contributed by atoms with van der Waals surface area (Å²) < 4.78 is 12.0. The van der Waals surface area contributed by atoms with Gasteiger partial charge in [0.15, 0.2) is 6.61 Å². The van der Waals surface area contributed by atoms with Crippen molar-refractivity contribution in [3.63, 3.8) is 0 Å². The summed E-state index contributed by atoms with van der Waals surface area (Å²) in [6, 6.07) is 5.93. The third-order valence-corrected chi connectivity index (χ3v) is 4.23. The first-order valence-corrected chi connectivity index (χ1v) is 8.63. The minimum absolute atomic E-state index is 0.00941. The van der Waals surface area contributed by atoms with Crippen LogP contribution in [0, 0.1) is 24.0 Å². The van der Waals surface area contributed by atoms with Crippen LogP contribution in [0.1, 0.15) is 41.6 Å². The summed E-state index contributed by atoms with van der Waals surface area (Å²) in [4.78, 5) is 35.0. The molecule has 0 saturated heterocycles. The lowest BCUT2D eigenvalue weighted by Gasteiger charge is -2.13. The summed E-state index contributed by atoms with van der Waals surface area (Å²) in [5.41, 5.74) is 1.72. The number of hydrogen-bond donors (Lipinski definition) is 1. The number of nitrogens with zero attached hydrogens (tertiary/aromatic N) is 2. The average Bonchev–Trinajstić information content (AvgIpc) is 2.94. The predicted octanol–water partition coefficient (Wildman–Crippen LogP) is 3.40. The fourth-order valence-corrected chi connectivity index (χ4v) is 3.07. The monoisotopic (exact) mass is 389 g/mol. The highest BCUT2D eigenvalue weighted by Crippen LogP contribution is 2.29. The van der Waals surface area contributed by atoms with Gasteiger partial charge in [0.1, 0.15) is 11.4 Å². The van der Waals surface area contributed by atoms with E-state index in [2.05, 4.69) is 5.32 Å². The van der Waals surface area contributed by atoms with Gasteiger partial charge in [-0.2, -0.15) is 0 Å². The third kappa shape index (κ3) is 4.48. The van der Waals surface area contributed by atoms with Crippen LogP contribution < -0.4 is 10.1 Å². The second kappa shape index (κ2) is 8.55. The van der Waals surface area contributed by atoms with Gasteiger partial charge in [0.25, 0.3) is 11.6 Å². The van der Waals surface area contributed by atoms with E-state index in [1.54, 1.807) is 6.07 Å². The maximum Gasteiger partial charge on any atom is 0.340 e. The molecule has 0 unspecified atom stereocenters. The molecule has 2 aromatic rings. The maximum atomic E-state index is 12.3. The van der Waals surface area contributed by atoms with Gasteiger partial charge >= 0.3 is 5.97 Å². The minimum atomic E-state index is -0.681. The van der Waals surface area contributed by atoms with E-state index in [4.69, 9.17) is 9.47 Å². The van der Waals surface area contributed by atoms with E-state index in [0.717, 1.165) is 11.4 Å². The molecule has 0 aliphatic carbocycles. The van der Waals surface area contributed by atoms with Crippen molar-refractivity contribution in [1.29, 1.82) is 0 Å². The molecule has 9 nitrogen and oxygen atoms in total. The zero-order valence-corrected chi connectivity index (χ0v) is 16.4. The van der Waals surface area contributed by atoms with Crippen molar-refractivity contribution in [1.82, 2.24) is 4.57 Å². The number of aryl methyl sites for hydroxylation is 1. The maximum absolute atomic E-state index is 12.3. The predicted molar refractivity (Wildman–Crippen MR) is 103 cm³/mol. The molecule has 0 fully saturated rings. The van der Waals surface area contributed by atoms with Crippen molar-refractivity contribution in [2.24, 2.45) is 0 Å². The van der Waals surface area contributed by atoms with E-state index in [1.165, 1.54) is 25.3 Å². The van der Waals surface area contributed by atoms with Gasteiger partial charge in [0, 0.05) is 17.4 Å². The van der Waals surface area contributed by atoms with Gasteiger partial charge in [0.2, 0.25) is 0 Å². The lowest BCUT2D eigenvalue weighted by atomic mass is 10.2. The number of ether oxygens (including phenoxy) is 2. The van der Waals surface area contributed by atoms with Crippen LogP contribution in [0.5, 0.6) is 5.75 Å². The number of methoxy groups -OCH3 is 1. The molecule has 1 N–H and O–H groups in total. The number of amides is 1. The van der Waals surface area contributed by atoms with Crippen molar-refractivity contribution in [2.75, 3.05) is 19.0 Å². The molecular formula is C19H23N3O6. The van der Waals surface area contributed by atoms with Gasteiger partial charge in [-0.1, -0.05) is 0 Å². The fraction of sp³-hybridized carbons (Fsp3) is 0.368. The molecule has 0 radical (unpaired) electrons. The van der Waals surface area contributed by atoms with Crippen LogP contribution in [0.3, 0.4) is 0 Å². The van der Waals surface area contributed by atoms with Crippen LogP contribution >= 0.6 is 0 Å². The lowest BCUT2D eigenvalue weighted by Crippen LogP contribution is -2.21. The van der Waals surface area contributed by atoms with E-state index in [9.17, 15) is 19.7 Å². The second-order valence-electron chi connectivity index (χ2n) is 6.51. The van der Waals surface area contributed by atoms with E-state index in [0.29, 0.717) is 5.56 Å². The van der Waals surface area contributed by atoms with Crippen molar-refractivity contribution in [3.05, 3.63) is 51.3 Å². The molecule has 0 saturated carbocycles. The summed E-state index contributed by atoms with van der Waals surface area (Å²) in [5.74, 6) is -1.02. The molecule has 0 spiro atoms. The van der Waals surface area contributed by atoms with Crippen LogP contribution in [0.25, 0.3) is 0 Å². The van der Waals surface area contributed by atoms with Crippen LogP contribution in [0.4, 0.5) is 11.4 Å². The Bertz CT molecular complexity index is 917. The number of rotatable bonds is 7. The molecule has 1 aromatic carbocycles. The Morgan fingerprint density at radius 2 is 1.93 bits per heavy atom. The highest BCUT2D eigenvalue weighted by Gasteiger charge is 2.21. The topological polar surface area (TPSA) is 113 Å². The number of carbonyl (C=O) groups excluding carboxylic acids is 2. The fourth-order valence-electron chi connectivity index (χ4n) is 3.07. The molecule has 150 valence electrons. The number of nitrogens with one attached hydrogen (secondary N) is 1. The highest BCUT2D eigenvalue weighted by atomic mass is 16.6. The Balaban J connectivity index is 2.06. The molecule has 0 aliphatic heterocycles. The van der Waals surface area contributed by atoms with Crippen molar-refractivity contribution in [2.45, 2.75) is 33.7 Å². The summed E-state index contributed by atoms with van der Waals surface area (Å²) >= 11 is 0. The summed E-state index contributed by atoms with van der Waals surface area (Å²) in [5, 5.41) is 13.5. The molecule has 1 heterocycles. The number of aromatic nitrogens is 1. The quantitative estimate of drug-likeness (QED) is 0.441. The van der Waals surface area contributed by atoms with Gasteiger partial charge in [-0.25, -0.2) is 4.79 Å². The standard InChI is InChI=1S/C19H23N3O6/c1-11(2)21-12(3)8-15(13(21)4)19(24)28-10-18(23)20-16-7-6-14(27-5)9-17(16)22(25)26/h6-9,11H,10H2,1-5H3,(H,20,23). The van der Waals surface area contributed by atoms with Gasteiger partial charge < -0.3 is 19.4 Å². The Kier molecular flexibility index (Phi) is 6.40. The Hall–Kier alpha value is -3.36. The van der Waals surface area contributed by atoms with E-state index < -0.39 is 23.4 Å². The number of nitro groups is 1. The highest BCUT2D eigenvalue weighted by molar-refractivity contribution is 5.97. The zero-order valence-electron chi connectivity index (χ0n) is 16.4. The van der Waals surface area contributed by atoms with Crippen molar-refractivity contribution < 1.29 is 24.0 Å². The summed E-state index contributed by atoms with van der Waals surface area (Å²) in [6.07, 6.45) is 0. The lowest BCUT2D eigenvalue weighted by molar-refractivity contribution is -0.384. The largest absolute Gasteiger partial charge is 0.496 e. The van der Waals surface area contributed by atoms with Crippen molar-refractivity contribution >= 4 is 23.3 Å². The van der Waals surface area contributed by atoms with Gasteiger partial charge in [-0.15, -0.1) is 0 Å². The molecule has 1 amide bonds. The van der Waals surface area contributed by atoms with Gasteiger partial charge in [-0.3, -0.25) is 14.9 Å². The first-order chi connectivity index (χ1) is 13.1. The molecule has 0 atom stereocenters. The zero-order chi connectivity index (χ0) is 21.0. The SMILES string of the molecule is COc1ccc(NC(=O)COC(=O)c2cc(C)n(C(C)C)c2C)c([N+](=O)[O-])c1. The number of nitro benzene ring substituents is 1. The molecule has 9 heteroatoms. The van der Waals surface area contributed by atoms with Crippen LogP contribution in [-0.4, -0.2) is 35.1 Å².